The van der Waals surface area contributed by atoms with Gasteiger partial charge in [-0.15, -0.1) is 10.1 Å². The zero-order valence-electron chi connectivity index (χ0n) is 10.6. The van der Waals surface area contributed by atoms with Crippen LogP contribution in [0.5, 0.6) is 0 Å². The van der Waals surface area contributed by atoms with Crippen molar-refractivity contribution in [2.24, 2.45) is 0 Å². The van der Waals surface area contributed by atoms with Gasteiger partial charge in [0, 0.05) is 18.1 Å². The molecule has 8 heteroatoms. The van der Waals surface area contributed by atoms with Crippen LogP contribution < -0.4 is 0 Å². The third-order valence-corrected chi connectivity index (χ3v) is 3.24. The van der Waals surface area contributed by atoms with Crippen LogP contribution in [0.2, 0.25) is 0 Å². The lowest BCUT2D eigenvalue weighted by Gasteiger charge is -2.11. The number of hydrogen-bond donors (Lipinski definition) is 1. The first kappa shape index (κ1) is 14.2. The van der Waals surface area contributed by atoms with Crippen molar-refractivity contribution >= 4 is 5.69 Å². The van der Waals surface area contributed by atoms with Crippen LogP contribution in [-0.4, -0.2) is 21.7 Å². The highest BCUT2D eigenvalue weighted by atomic mass is 16.9. The summed E-state index contributed by atoms with van der Waals surface area (Å²) in [6.07, 6.45) is 0.863. The molecule has 0 aromatic heterocycles. The Morgan fingerprint density at radius 1 is 1.35 bits per heavy atom. The van der Waals surface area contributed by atoms with Crippen molar-refractivity contribution in [3.63, 3.8) is 0 Å². The molecular formula is C12H14N2O6. The Kier molecular flexibility index (Phi) is 4.14. The molecule has 0 spiro atoms. The van der Waals surface area contributed by atoms with Crippen molar-refractivity contribution in [1.29, 1.82) is 0 Å². The minimum absolute atomic E-state index is 0.000699. The Morgan fingerprint density at radius 3 is 2.60 bits per heavy atom. The summed E-state index contributed by atoms with van der Waals surface area (Å²) < 4.78 is 0. The van der Waals surface area contributed by atoms with Crippen molar-refractivity contribution in [3.05, 3.63) is 49.6 Å². The molecule has 1 aliphatic carbocycles. The van der Waals surface area contributed by atoms with E-state index >= 15 is 0 Å². The van der Waals surface area contributed by atoms with E-state index in [9.17, 15) is 25.3 Å². The molecule has 108 valence electrons. The first-order valence-electron chi connectivity index (χ1n) is 6.22. The van der Waals surface area contributed by atoms with E-state index in [0.29, 0.717) is 11.1 Å². The lowest BCUT2D eigenvalue weighted by molar-refractivity contribution is -0.758. The lowest BCUT2D eigenvalue weighted by Crippen LogP contribution is -2.07. The van der Waals surface area contributed by atoms with Gasteiger partial charge < -0.3 is 9.94 Å². The molecule has 8 nitrogen and oxygen atoms in total. The van der Waals surface area contributed by atoms with E-state index in [4.69, 9.17) is 0 Å². The Morgan fingerprint density at radius 2 is 2.05 bits per heavy atom. The minimum atomic E-state index is -1.03. The smallest absolute Gasteiger partial charge is 0.294 e. The van der Waals surface area contributed by atoms with Crippen LogP contribution in [0.25, 0.3) is 0 Å². The van der Waals surface area contributed by atoms with Gasteiger partial charge in [-0.05, 0) is 24.3 Å². The fourth-order valence-corrected chi connectivity index (χ4v) is 2.07. The van der Waals surface area contributed by atoms with E-state index in [1.54, 1.807) is 12.1 Å². The summed E-state index contributed by atoms with van der Waals surface area (Å²) in [5, 5.41) is 30.0. The predicted molar refractivity (Wildman–Crippen MR) is 67.6 cm³/mol. The normalized spacial score (nSPS) is 15.7. The van der Waals surface area contributed by atoms with Crippen molar-refractivity contribution in [2.45, 2.75) is 31.3 Å². The van der Waals surface area contributed by atoms with Crippen molar-refractivity contribution in [1.82, 2.24) is 0 Å². The molecule has 0 saturated heterocycles. The molecule has 1 aromatic rings. The van der Waals surface area contributed by atoms with Crippen LogP contribution in [-0.2, 0) is 4.84 Å². The van der Waals surface area contributed by atoms with Crippen LogP contribution in [0, 0.1) is 20.2 Å². The second-order valence-electron chi connectivity index (χ2n) is 4.71. The minimum Gasteiger partial charge on any atom is -0.388 e. The standard InChI is InChI=1S/C12H14N2O6/c15-12(5-6-20-14(18)19)9-3-4-10(8-1-2-8)11(7-9)13(16)17/h3-4,7-8,12,15H,1-2,5-6H2. The Bertz CT molecular complexity index is 529. The van der Waals surface area contributed by atoms with Crippen LogP contribution in [0.3, 0.4) is 0 Å². The van der Waals surface area contributed by atoms with Gasteiger partial charge in [0.05, 0.1) is 17.6 Å². The van der Waals surface area contributed by atoms with Gasteiger partial charge >= 0.3 is 0 Å². The second kappa shape index (κ2) is 5.83. The predicted octanol–water partition coefficient (Wildman–Crippen LogP) is 2.10. The number of aliphatic hydroxyl groups is 1. The van der Waals surface area contributed by atoms with Gasteiger partial charge in [0.1, 0.15) is 0 Å². The first-order chi connectivity index (χ1) is 9.49. The third kappa shape index (κ3) is 3.41. The Hall–Kier alpha value is -2.22. The molecule has 20 heavy (non-hydrogen) atoms. The van der Waals surface area contributed by atoms with Crippen LogP contribution in [0.1, 0.15) is 42.4 Å². The van der Waals surface area contributed by atoms with E-state index in [1.165, 1.54) is 6.07 Å². The highest BCUT2D eigenvalue weighted by Gasteiger charge is 2.31. The van der Waals surface area contributed by atoms with Crippen molar-refractivity contribution in [3.8, 4) is 0 Å². The highest BCUT2D eigenvalue weighted by Crippen LogP contribution is 2.44. The summed E-state index contributed by atoms with van der Waals surface area (Å²) in [5.74, 6) is 0.236. The van der Waals surface area contributed by atoms with Gasteiger partial charge in [0.15, 0.2) is 0 Å². The van der Waals surface area contributed by atoms with E-state index in [-0.39, 0.29) is 24.6 Å². The number of nitro groups is 1. The van der Waals surface area contributed by atoms with Crippen LogP contribution in [0.15, 0.2) is 18.2 Å². The molecule has 1 aliphatic rings. The number of aliphatic hydroxyl groups excluding tert-OH is 1. The molecule has 0 heterocycles. The van der Waals surface area contributed by atoms with Gasteiger partial charge in [-0.25, -0.2) is 0 Å². The maximum absolute atomic E-state index is 11.0. The number of rotatable bonds is 7. The molecule has 0 aliphatic heterocycles. The zero-order chi connectivity index (χ0) is 14.7. The maximum Gasteiger partial charge on any atom is 0.294 e. The van der Waals surface area contributed by atoms with E-state index in [2.05, 4.69) is 4.84 Å². The van der Waals surface area contributed by atoms with Crippen molar-refractivity contribution in [2.75, 3.05) is 6.61 Å². The van der Waals surface area contributed by atoms with Gasteiger partial charge in [-0.1, -0.05) is 12.1 Å². The molecule has 1 saturated carbocycles. The van der Waals surface area contributed by atoms with Gasteiger partial charge in [0.2, 0.25) is 0 Å². The number of hydrogen-bond acceptors (Lipinski definition) is 6. The Balaban J connectivity index is 2.09. The quantitative estimate of drug-likeness (QED) is 0.604. The highest BCUT2D eigenvalue weighted by molar-refractivity contribution is 5.47. The molecule has 1 N–H and O–H groups in total. The third-order valence-electron chi connectivity index (χ3n) is 3.24. The van der Waals surface area contributed by atoms with Gasteiger partial charge in [-0.3, -0.25) is 10.1 Å². The SMILES string of the molecule is O=[N+]([O-])OCCC(O)c1ccc(C2CC2)c([N+](=O)[O-])c1. The molecule has 1 fully saturated rings. The molecule has 1 aromatic carbocycles. The first-order valence-corrected chi connectivity index (χ1v) is 6.22. The zero-order valence-corrected chi connectivity index (χ0v) is 10.6. The summed E-state index contributed by atoms with van der Waals surface area (Å²) in [6.45, 7) is -0.258. The summed E-state index contributed by atoms with van der Waals surface area (Å²) in [4.78, 5) is 24.7. The van der Waals surface area contributed by atoms with Crippen LogP contribution >= 0.6 is 0 Å². The van der Waals surface area contributed by atoms with Gasteiger partial charge in [-0.2, -0.15) is 0 Å². The largest absolute Gasteiger partial charge is 0.388 e. The topological polar surface area (TPSA) is 116 Å². The number of benzene rings is 1. The monoisotopic (exact) mass is 282 g/mol. The Labute approximate surface area is 114 Å². The van der Waals surface area contributed by atoms with Gasteiger partial charge in [0.25, 0.3) is 10.8 Å². The molecule has 1 unspecified atom stereocenters. The molecule has 1 atom stereocenters. The fraction of sp³-hybridized carbons (Fsp3) is 0.500. The fourth-order valence-electron chi connectivity index (χ4n) is 2.07. The summed E-state index contributed by atoms with van der Waals surface area (Å²) in [5.41, 5.74) is 1.06. The maximum atomic E-state index is 11.0. The number of nitro benzene ring substituents is 1. The molecule has 2 rings (SSSR count). The molecule has 0 amide bonds. The molecular weight excluding hydrogens is 268 g/mol. The second-order valence-corrected chi connectivity index (χ2v) is 4.71. The summed E-state index contributed by atoms with van der Waals surface area (Å²) in [7, 11) is 0. The van der Waals surface area contributed by atoms with Crippen molar-refractivity contribution < 1.29 is 20.0 Å². The van der Waals surface area contributed by atoms with E-state index in [0.717, 1.165) is 12.8 Å². The van der Waals surface area contributed by atoms with E-state index < -0.39 is 16.1 Å². The number of nitrogens with zero attached hydrogens (tertiary/aromatic N) is 2. The average molecular weight is 282 g/mol. The average Bonchev–Trinajstić information content (AvgIpc) is 3.21. The lowest BCUT2D eigenvalue weighted by atomic mass is 10.0. The van der Waals surface area contributed by atoms with E-state index in [1.807, 2.05) is 0 Å². The summed E-state index contributed by atoms with van der Waals surface area (Å²) in [6, 6.07) is 4.62. The summed E-state index contributed by atoms with van der Waals surface area (Å²) >= 11 is 0. The molecule has 0 radical (unpaired) electrons. The molecule has 0 bridgehead atoms. The van der Waals surface area contributed by atoms with Crippen LogP contribution in [0.4, 0.5) is 5.69 Å².